The van der Waals surface area contributed by atoms with E-state index in [0.29, 0.717) is 18.9 Å². The average Bonchev–Trinajstić information content (AvgIpc) is 2.89. The SMILES string of the molecule is Cc1ncc(CN(C)C(=O)C[C@@H]2CCC[C@H]2N)s1. The number of carbonyl (C=O) groups is 1. The molecule has 18 heavy (non-hydrogen) atoms. The lowest BCUT2D eigenvalue weighted by atomic mass is 9.99. The van der Waals surface area contributed by atoms with Crippen LogP contribution in [0, 0.1) is 12.8 Å². The van der Waals surface area contributed by atoms with Crippen LogP contribution >= 0.6 is 11.3 Å². The van der Waals surface area contributed by atoms with Crippen LogP contribution in [0.1, 0.15) is 35.6 Å². The molecule has 1 aromatic heterocycles. The Morgan fingerprint density at radius 1 is 1.61 bits per heavy atom. The zero-order valence-electron chi connectivity index (χ0n) is 11.1. The maximum Gasteiger partial charge on any atom is 0.222 e. The second-order valence-corrected chi connectivity index (χ2v) is 6.47. The van der Waals surface area contributed by atoms with E-state index in [1.807, 2.05) is 20.2 Å². The van der Waals surface area contributed by atoms with Crippen LogP contribution in [-0.2, 0) is 11.3 Å². The van der Waals surface area contributed by atoms with Crippen molar-refractivity contribution < 1.29 is 4.79 Å². The molecule has 4 nitrogen and oxygen atoms in total. The lowest BCUT2D eigenvalue weighted by molar-refractivity contribution is -0.131. The van der Waals surface area contributed by atoms with Gasteiger partial charge in [0.2, 0.25) is 5.91 Å². The molecule has 0 aliphatic heterocycles. The molecular weight excluding hydrogens is 246 g/mol. The summed E-state index contributed by atoms with van der Waals surface area (Å²) in [4.78, 5) is 19.2. The van der Waals surface area contributed by atoms with Gasteiger partial charge < -0.3 is 10.6 Å². The van der Waals surface area contributed by atoms with Gasteiger partial charge in [0.25, 0.3) is 0 Å². The van der Waals surface area contributed by atoms with Crippen molar-refractivity contribution in [3.8, 4) is 0 Å². The molecule has 1 saturated carbocycles. The number of aryl methyl sites for hydroxylation is 1. The van der Waals surface area contributed by atoms with Crippen LogP contribution in [0.5, 0.6) is 0 Å². The third-order valence-electron chi connectivity index (χ3n) is 3.64. The van der Waals surface area contributed by atoms with Crippen LogP contribution < -0.4 is 5.73 Å². The fourth-order valence-electron chi connectivity index (χ4n) is 2.50. The number of amides is 1. The highest BCUT2D eigenvalue weighted by Crippen LogP contribution is 2.27. The zero-order valence-corrected chi connectivity index (χ0v) is 11.9. The van der Waals surface area contributed by atoms with Gasteiger partial charge in [0.05, 0.1) is 11.6 Å². The number of nitrogens with two attached hydrogens (primary N) is 1. The number of thiazole rings is 1. The topological polar surface area (TPSA) is 59.2 Å². The third kappa shape index (κ3) is 3.29. The highest BCUT2D eigenvalue weighted by Gasteiger charge is 2.27. The Labute approximate surface area is 112 Å². The van der Waals surface area contributed by atoms with E-state index in [1.165, 1.54) is 0 Å². The first kappa shape index (κ1) is 13.5. The quantitative estimate of drug-likeness (QED) is 0.906. The second-order valence-electron chi connectivity index (χ2n) is 5.15. The predicted molar refractivity (Wildman–Crippen MR) is 73.3 cm³/mol. The maximum absolute atomic E-state index is 12.1. The van der Waals surface area contributed by atoms with E-state index in [4.69, 9.17) is 5.73 Å². The van der Waals surface area contributed by atoms with Crippen LogP contribution in [0.4, 0.5) is 0 Å². The number of hydrogen-bond donors (Lipinski definition) is 1. The van der Waals surface area contributed by atoms with E-state index in [-0.39, 0.29) is 11.9 Å². The minimum absolute atomic E-state index is 0.198. The van der Waals surface area contributed by atoms with Crippen LogP contribution in [0.2, 0.25) is 0 Å². The van der Waals surface area contributed by atoms with Gasteiger partial charge in [-0.2, -0.15) is 0 Å². The van der Waals surface area contributed by atoms with Gasteiger partial charge in [-0.1, -0.05) is 6.42 Å². The van der Waals surface area contributed by atoms with E-state index >= 15 is 0 Å². The van der Waals surface area contributed by atoms with Gasteiger partial charge in [-0.25, -0.2) is 4.98 Å². The molecule has 1 aromatic rings. The van der Waals surface area contributed by atoms with Crippen LogP contribution in [0.3, 0.4) is 0 Å². The van der Waals surface area contributed by atoms with E-state index in [2.05, 4.69) is 4.98 Å². The summed E-state index contributed by atoms with van der Waals surface area (Å²) < 4.78 is 0. The van der Waals surface area contributed by atoms with E-state index < -0.39 is 0 Å². The molecule has 1 aliphatic rings. The minimum atomic E-state index is 0.198. The number of carbonyl (C=O) groups excluding carboxylic acids is 1. The van der Waals surface area contributed by atoms with Gasteiger partial charge in [-0.05, 0) is 25.7 Å². The highest BCUT2D eigenvalue weighted by atomic mass is 32.1. The summed E-state index contributed by atoms with van der Waals surface area (Å²) in [5, 5.41) is 1.05. The normalized spacial score (nSPS) is 23.3. The van der Waals surface area contributed by atoms with Crippen molar-refractivity contribution >= 4 is 17.2 Å². The van der Waals surface area contributed by atoms with Crippen molar-refractivity contribution in [1.29, 1.82) is 0 Å². The first-order valence-corrected chi connectivity index (χ1v) is 7.28. The van der Waals surface area contributed by atoms with E-state index in [0.717, 1.165) is 29.1 Å². The Morgan fingerprint density at radius 3 is 2.94 bits per heavy atom. The number of rotatable bonds is 4. The summed E-state index contributed by atoms with van der Waals surface area (Å²) in [6.07, 6.45) is 5.77. The molecule has 0 radical (unpaired) electrons. The van der Waals surface area contributed by atoms with Crippen molar-refractivity contribution in [2.75, 3.05) is 7.05 Å². The highest BCUT2D eigenvalue weighted by molar-refractivity contribution is 7.11. The molecule has 0 saturated heterocycles. The number of aromatic nitrogens is 1. The first-order chi connectivity index (χ1) is 8.56. The molecule has 1 amide bonds. The van der Waals surface area contributed by atoms with Gasteiger partial charge in [0, 0.05) is 30.6 Å². The van der Waals surface area contributed by atoms with E-state index in [1.54, 1.807) is 16.2 Å². The smallest absolute Gasteiger partial charge is 0.222 e. The molecule has 0 bridgehead atoms. The van der Waals surface area contributed by atoms with Crippen LogP contribution in [-0.4, -0.2) is 28.9 Å². The average molecular weight is 267 g/mol. The van der Waals surface area contributed by atoms with Gasteiger partial charge in [-0.3, -0.25) is 4.79 Å². The molecule has 2 N–H and O–H groups in total. The molecule has 2 atom stereocenters. The molecule has 5 heteroatoms. The fourth-order valence-corrected chi connectivity index (χ4v) is 3.35. The Hall–Kier alpha value is -0.940. The van der Waals surface area contributed by atoms with Crippen molar-refractivity contribution in [2.24, 2.45) is 11.7 Å². The lowest BCUT2D eigenvalue weighted by Gasteiger charge is -2.20. The Balaban J connectivity index is 1.84. The molecule has 100 valence electrons. The van der Waals surface area contributed by atoms with Gasteiger partial charge in [-0.15, -0.1) is 11.3 Å². The Kier molecular flexibility index (Phi) is 4.35. The van der Waals surface area contributed by atoms with E-state index in [9.17, 15) is 4.79 Å². The molecule has 0 aromatic carbocycles. The molecular formula is C13H21N3OS. The van der Waals surface area contributed by atoms with Crippen molar-refractivity contribution in [3.63, 3.8) is 0 Å². The third-order valence-corrected chi connectivity index (χ3v) is 4.54. The summed E-state index contributed by atoms with van der Waals surface area (Å²) in [6, 6.07) is 0.216. The van der Waals surface area contributed by atoms with Crippen LogP contribution in [0.25, 0.3) is 0 Å². The first-order valence-electron chi connectivity index (χ1n) is 6.47. The molecule has 2 rings (SSSR count). The molecule has 0 unspecified atom stereocenters. The maximum atomic E-state index is 12.1. The van der Waals surface area contributed by atoms with Gasteiger partial charge >= 0.3 is 0 Å². The minimum Gasteiger partial charge on any atom is -0.341 e. The Morgan fingerprint density at radius 2 is 2.39 bits per heavy atom. The predicted octanol–water partition coefficient (Wildman–Crippen LogP) is 1.93. The molecule has 0 spiro atoms. The molecule has 1 aliphatic carbocycles. The standard InChI is InChI=1S/C13H21N3OS/c1-9-15-7-11(18-9)8-16(2)13(17)6-10-4-3-5-12(10)14/h7,10,12H,3-6,8,14H2,1-2H3/t10-,12+/m0/s1. The molecule has 1 fully saturated rings. The van der Waals surface area contributed by atoms with Crippen LogP contribution in [0.15, 0.2) is 6.20 Å². The fraction of sp³-hybridized carbons (Fsp3) is 0.692. The zero-order chi connectivity index (χ0) is 13.1. The van der Waals surface area contributed by atoms with Crippen molar-refractivity contribution in [1.82, 2.24) is 9.88 Å². The number of hydrogen-bond acceptors (Lipinski definition) is 4. The van der Waals surface area contributed by atoms with Crippen molar-refractivity contribution in [2.45, 2.75) is 45.2 Å². The summed E-state index contributed by atoms with van der Waals surface area (Å²) in [5.74, 6) is 0.576. The molecule has 1 heterocycles. The monoisotopic (exact) mass is 267 g/mol. The van der Waals surface area contributed by atoms with Gasteiger partial charge in [0.1, 0.15) is 0 Å². The summed E-state index contributed by atoms with van der Waals surface area (Å²) in [5.41, 5.74) is 6.00. The second kappa shape index (κ2) is 5.80. The van der Waals surface area contributed by atoms with Gasteiger partial charge in [0.15, 0.2) is 0 Å². The van der Waals surface area contributed by atoms with Crippen molar-refractivity contribution in [3.05, 3.63) is 16.1 Å². The summed E-state index contributed by atoms with van der Waals surface area (Å²) in [7, 11) is 1.86. The largest absolute Gasteiger partial charge is 0.341 e. The lowest BCUT2D eigenvalue weighted by Crippen LogP contribution is -2.32. The number of nitrogens with zero attached hydrogens (tertiary/aromatic N) is 2. The summed E-state index contributed by atoms with van der Waals surface area (Å²) in [6.45, 7) is 2.64. The Bertz CT molecular complexity index is 418. The summed E-state index contributed by atoms with van der Waals surface area (Å²) >= 11 is 1.65.